The molecule has 0 spiro atoms. The van der Waals surface area contributed by atoms with Crippen LogP contribution < -0.4 is 0 Å². The van der Waals surface area contributed by atoms with E-state index in [1.54, 1.807) is 0 Å². The molecule has 0 aromatic rings. The molecule has 0 bridgehead atoms. The first-order valence-corrected chi connectivity index (χ1v) is 6.67. The van der Waals surface area contributed by atoms with Gasteiger partial charge in [0.25, 0.3) is 0 Å². The summed E-state index contributed by atoms with van der Waals surface area (Å²) in [6.45, 7) is 12.3. The lowest BCUT2D eigenvalue weighted by atomic mass is 9.46. The summed E-state index contributed by atoms with van der Waals surface area (Å²) in [4.78, 5) is 0. The molecule has 0 aromatic heterocycles. The van der Waals surface area contributed by atoms with Crippen LogP contribution in [0.1, 0.15) is 53.4 Å². The Kier molecular flexibility index (Phi) is 2.56. The van der Waals surface area contributed by atoms with Crippen LogP contribution >= 0.6 is 0 Å². The summed E-state index contributed by atoms with van der Waals surface area (Å²) in [5, 5.41) is 0.499. The Labute approximate surface area is 95.8 Å². The molecule has 0 fully saturated rings. The Morgan fingerprint density at radius 2 is 1.60 bits per heavy atom. The Bertz CT molecular complexity index is 300. The Morgan fingerprint density at radius 3 is 2.13 bits per heavy atom. The zero-order valence-corrected chi connectivity index (χ0v) is 11.1. The highest BCUT2D eigenvalue weighted by Gasteiger charge is 2.51. The van der Waals surface area contributed by atoms with Crippen LogP contribution in [-0.2, 0) is 0 Å². The summed E-state index contributed by atoms with van der Waals surface area (Å²) in [7, 11) is 1.32. The predicted molar refractivity (Wildman–Crippen MR) is 69.8 cm³/mol. The fraction of sp³-hybridized carbons (Fsp3) is 0.857. The third kappa shape index (κ3) is 1.35. The van der Waals surface area contributed by atoms with Crippen LogP contribution in [0, 0.1) is 11.3 Å². The number of hydrogen-bond acceptors (Lipinski definition) is 0. The minimum Gasteiger partial charge on any atom is -0.0885 e. The molecule has 2 atom stereocenters. The van der Waals surface area contributed by atoms with E-state index in [2.05, 4.69) is 34.5 Å². The first kappa shape index (κ1) is 11.3. The van der Waals surface area contributed by atoms with Crippen LogP contribution in [-0.4, -0.2) is 7.28 Å². The van der Waals surface area contributed by atoms with E-state index < -0.39 is 0 Å². The van der Waals surface area contributed by atoms with Gasteiger partial charge in [-0.2, -0.15) is 0 Å². The van der Waals surface area contributed by atoms with Crippen molar-refractivity contribution in [3.8, 4) is 0 Å². The van der Waals surface area contributed by atoms with Crippen molar-refractivity contribution >= 4 is 7.28 Å². The van der Waals surface area contributed by atoms with E-state index in [0.717, 1.165) is 5.92 Å². The average molecular weight is 204 g/mol. The van der Waals surface area contributed by atoms with Crippen molar-refractivity contribution in [1.82, 2.24) is 0 Å². The Balaban J connectivity index is 2.50. The van der Waals surface area contributed by atoms with E-state index in [0.29, 0.717) is 10.7 Å². The van der Waals surface area contributed by atoms with Crippen molar-refractivity contribution in [2.24, 2.45) is 11.3 Å². The molecule has 0 heterocycles. The first-order chi connectivity index (χ1) is 6.94. The standard InChI is InChI=1S/C14H25B/c1-10-13(2,3)11-8-6-7-9-12(11)14(10,4)15-5/h10,15H,6-9H2,1-5H3. The molecule has 0 aliphatic heterocycles. The minimum atomic E-state index is 0.459. The van der Waals surface area contributed by atoms with Crippen LogP contribution in [0.2, 0.25) is 12.1 Å². The van der Waals surface area contributed by atoms with Gasteiger partial charge in [0.1, 0.15) is 7.28 Å². The normalized spacial score (nSPS) is 39.1. The maximum absolute atomic E-state index is 2.51. The molecule has 0 N–H and O–H groups in total. The maximum atomic E-state index is 2.51. The molecule has 0 saturated heterocycles. The van der Waals surface area contributed by atoms with Crippen LogP contribution in [0.15, 0.2) is 11.1 Å². The molecular weight excluding hydrogens is 179 g/mol. The first-order valence-electron chi connectivity index (χ1n) is 6.67. The molecule has 0 aromatic carbocycles. The van der Waals surface area contributed by atoms with Crippen molar-refractivity contribution in [3.63, 3.8) is 0 Å². The summed E-state index contributed by atoms with van der Waals surface area (Å²) in [5.41, 5.74) is 4.12. The van der Waals surface area contributed by atoms with Crippen molar-refractivity contribution in [3.05, 3.63) is 11.1 Å². The molecule has 2 unspecified atom stereocenters. The van der Waals surface area contributed by atoms with Gasteiger partial charge in [-0.25, -0.2) is 0 Å². The van der Waals surface area contributed by atoms with Crippen molar-refractivity contribution in [2.45, 2.75) is 65.5 Å². The number of rotatable bonds is 1. The molecule has 2 rings (SSSR count). The highest BCUT2D eigenvalue weighted by molar-refractivity contribution is 6.40. The van der Waals surface area contributed by atoms with E-state index in [9.17, 15) is 0 Å². The lowest BCUT2D eigenvalue weighted by molar-refractivity contribution is 0.271. The molecule has 2 aliphatic carbocycles. The van der Waals surface area contributed by atoms with E-state index in [4.69, 9.17) is 0 Å². The molecule has 0 amide bonds. The SMILES string of the molecule is CBC1(C)C2=C(CCCC2)C(C)(C)C1C. The van der Waals surface area contributed by atoms with E-state index in [1.165, 1.54) is 33.0 Å². The van der Waals surface area contributed by atoms with Crippen molar-refractivity contribution in [1.29, 1.82) is 0 Å². The monoisotopic (exact) mass is 204 g/mol. The van der Waals surface area contributed by atoms with Crippen LogP contribution in [0.3, 0.4) is 0 Å². The van der Waals surface area contributed by atoms with Crippen LogP contribution in [0.25, 0.3) is 0 Å². The molecule has 0 nitrogen and oxygen atoms in total. The lowest BCUT2D eigenvalue weighted by Gasteiger charge is -2.37. The van der Waals surface area contributed by atoms with Crippen molar-refractivity contribution in [2.75, 3.05) is 0 Å². The van der Waals surface area contributed by atoms with Crippen molar-refractivity contribution < 1.29 is 0 Å². The van der Waals surface area contributed by atoms with E-state index >= 15 is 0 Å². The molecule has 0 radical (unpaired) electrons. The largest absolute Gasteiger partial charge is 0.130 e. The predicted octanol–water partition coefficient (Wildman–Crippen LogP) is 4.20. The van der Waals surface area contributed by atoms with Gasteiger partial charge >= 0.3 is 0 Å². The van der Waals surface area contributed by atoms with E-state index in [-0.39, 0.29) is 0 Å². The highest BCUT2D eigenvalue weighted by Crippen LogP contribution is 2.64. The summed E-state index contributed by atoms with van der Waals surface area (Å²) in [6.07, 6.45) is 5.61. The average Bonchev–Trinajstić information content (AvgIpc) is 2.40. The van der Waals surface area contributed by atoms with Gasteiger partial charge < -0.3 is 0 Å². The summed E-state index contributed by atoms with van der Waals surface area (Å²) in [6, 6.07) is 0. The molecule has 1 heteroatoms. The van der Waals surface area contributed by atoms with Gasteiger partial charge in [-0.3, -0.25) is 0 Å². The molecule has 0 saturated carbocycles. The zero-order valence-electron chi connectivity index (χ0n) is 11.1. The third-order valence-electron chi connectivity index (χ3n) is 5.71. The summed E-state index contributed by atoms with van der Waals surface area (Å²) >= 11 is 0. The number of hydrogen-bond donors (Lipinski definition) is 0. The minimum absolute atomic E-state index is 0.459. The molecule has 84 valence electrons. The van der Waals surface area contributed by atoms with Gasteiger partial charge in [0.15, 0.2) is 0 Å². The van der Waals surface area contributed by atoms with Crippen LogP contribution in [0.4, 0.5) is 0 Å². The topological polar surface area (TPSA) is 0 Å². The zero-order chi connectivity index (χ0) is 11.3. The second-order valence-corrected chi connectivity index (χ2v) is 6.38. The third-order valence-corrected chi connectivity index (χ3v) is 5.71. The second kappa shape index (κ2) is 3.40. The van der Waals surface area contributed by atoms with Gasteiger partial charge in [-0.05, 0) is 42.3 Å². The summed E-state index contributed by atoms with van der Waals surface area (Å²) < 4.78 is 0. The fourth-order valence-corrected chi connectivity index (χ4v) is 4.09. The van der Waals surface area contributed by atoms with Gasteiger partial charge in [0, 0.05) is 0 Å². The quantitative estimate of drug-likeness (QED) is 0.443. The van der Waals surface area contributed by atoms with Gasteiger partial charge in [0.2, 0.25) is 0 Å². The van der Waals surface area contributed by atoms with Gasteiger partial charge in [-0.1, -0.05) is 45.7 Å². The van der Waals surface area contributed by atoms with Gasteiger partial charge in [-0.15, -0.1) is 0 Å². The molecule has 15 heavy (non-hydrogen) atoms. The molecule has 2 aliphatic rings. The maximum Gasteiger partial charge on any atom is 0.130 e. The fourth-order valence-electron chi connectivity index (χ4n) is 4.09. The molecular formula is C14H25B. The highest BCUT2D eigenvalue weighted by atomic mass is 14.5. The Hall–Kier alpha value is -0.195. The Morgan fingerprint density at radius 1 is 1.07 bits per heavy atom. The summed E-state index contributed by atoms with van der Waals surface area (Å²) in [5.74, 6) is 0.818. The smallest absolute Gasteiger partial charge is 0.0885 e. The van der Waals surface area contributed by atoms with Gasteiger partial charge in [0.05, 0.1) is 0 Å². The number of allylic oxidation sites excluding steroid dienone is 2. The lowest BCUT2D eigenvalue weighted by Crippen LogP contribution is -2.28. The second-order valence-electron chi connectivity index (χ2n) is 6.38. The van der Waals surface area contributed by atoms with Crippen LogP contribution in [0.5, 0.6) is 0 Å². The van der Waals surface area contributed by atoms with E-state index in [1.807, 2.05) is 11.1 Å².